The summed E-state index contributed by atoms with van der Waals surface area (Å²) in [6, 6.07) is 4.42. The third kappa shape index (κ3) is 2.20. The monoisotopic (exact) mass is 299 g/mol. The van der Waals surface area contributed by atoms with Gasteiger partial charge in [0.15, 0.2) is 17.1 Å². The van der Waals surface area contributed by atoms with Gasteiger partial charge in [0.1, 0.15) is 5.69 Å². The molecular formula is C16H17N3O3. The Bertz CT molecular complexity index is 767. The highest BCUT2D eigenvalue weighted by atomic mass is 16.3. The maximum absolute atomic E-state index is 12.4. The molecule has 2 fully saturated rings. The zero-order chi connectivity index (χ0) is 15.3. The summed E-state index contributed by atoms with van der Waals surface area (Å²) in [4.78, 5) is 27.8. The number of Topliss-reactive ketones (excluding diaryl/α,β-unsaturated/α-hetero) is 1. The Morgan fingerprint density at radius 2 is 2.23 bits per heavy atom. The maximum Gasteiger partial charge on any atom is 0.270 e. The number of amides is 1. The van der Waals surface area contributed by atoms with E-state index in [1.54, 1.807) is 12.1 Å². The van der Waals surface area contributed by atoms with Crippen molar-refractivity contribution < 1.29 is 14.0 Å². The number of pyridine rings is 1. The molecule has 2 aromatic heterocycles. The van der Waals surface area contributed by atoms with E-state index in [0.717, 1.165) is 18.2 Å². The number of hydrogen-bond donors (Lipinski definition) is 2. The fraction of sp³-hybridized carbons (Fsp3) is 0.438. The Morgan fingerprint density at radius 3 is 2.91 bits per heavy atom. The topological polar surface area (TPSA) is 84.2 Å². The van der Waals surface area contributed by atoms with Crippen molar-refractivity contribution in [3.63, 3.8) is 0 Å². The molecule has 2 aliphatic heterocycles. The molecule has 0 aromatic carbocycles. The number of carbonyl (C=O) groups excluding carboxylic acids is 2. The Hall–Kier alpha value is -2.21. The van der Waals surface area contributed by atoms with Crippen LogP contribution in [0, 0.1) is 0 Å². The Balaban J connectivity index is 1.55. The van der Waals surface area contributed by atoms with Crippen LogP contribution in [0.4, 0.5) is 0 Å². The fourth-order valence-corrected chi connectivity index (χ4v) is 3.47. The summed E-state index contributed by atoms with van der Waals surface area (Å²) in [5.41, 5.74) is 0.870. The van der Waals surface area contributed by atoms with E-state index < -0.39 is 0 Å². The smallest absolute Gasteiger partial charge is 0.270 e. The molecule has 22 heavy (non-hydrogen) atoms. The number of aromatic nitrogens is 1. The summed E-state index contributed by atoms with van der Waals surface area (Å²) >= 11 is 0. The summed E-state index contributed by atoms with van der Waals surface area (Å²) in [5.74, 6) is -0.0336. The number of fused-ring (bicyclic) bond motifs is 3. The van der Waals surface area contributed by atoms with E-state index in [2.05, 4.69) is 15.6 Å². The fourth-order valence-electron chi connectivity index (χ4n) is 3.47. The van der Waals surface area contributed by atoms with Gasteiger partial charge in [0.05, 0.1) is 6.20 Å². The lowest BCUT2D eigenvalue weighted by atomic mass is 9.95. The van der Waals surface area contributed by atoms with Gasteiger partial charge in [0.2, 0.25) is 0 Å². The first-order chi connectivity index (χ1) is 10.6. The van der Waals surface area contributed by atoms with Crippen molar-refractivity contribution >= 4 is 22.7 Å². The lowest BCUT2D eigenvalue weighted by Gasteiger charge is -2.21. The number of nitrogens with one attached hydrogen (secondary N) is 2. The number of carbonyl (C=O) groups is 2. The third-order valence-electron chi connectivity index (χ3n) is 4.60. The molecule has 6 nitrogen and oxygen atoms in total. The van der Waals surface area contributed by atoms with Crippen molar-refractivity contribution in [3.05, 3.63) is 29.8 Å². The van der Waals surface area contributed by atoms with E-state index in [1.165, 1.54) is 19.5 Å². The maximum atomic E-state index is 12.4. The minimum absolute atomic E-state index is 0.143. The second-order valence-corrected chi connectivity index (χ2v) is 6.14. The van der Waals surface area contributed by atoms with Crippen LogP contribution in [-0.4, -0.2) is 34.8 Å². The summed E-state index contributed by atoms with van der Waals surface area (Å²) in [6.45, 7) is 1.45. The molecule has 3 atom stereocenters. The molecular weight excluding hydrogens is 282 g/mol. The van der Waals surface area contributed by atoms with Crippen LogP contribution in [0.3, 0.4) is 0 Å². The first-order valence-corrected chi connectivity index (χ1v) is 7.57. The average Bonchev–Trinajstić information content (AvgIpc) is 3.20. The molecule has 0 aliphatic carbocycles. The van der Waals surface area contributed by atoms with Crippen LogP contribution in [0.15, 0.2) is 22.7 Å². The highest BCUT2D eigenvalue weighted by Crippen LogP contribution is 2.28. The van der Waals surface area contributed by atoms with Crippen molar-refractivity contribution in [1.29, 1.82) is 0 Å². The largest absolute Gasteiger partial charge is 0.451 e. The second kappa shape index (κ2) is 4.91. The molecule has 0 radical (unpaired) electrons. The molecule has 2 aromatic rings. The van der Waals surface area contributed by atoms with Crippen LogP contribution in [0.25, 0.3) is 11.0 Å². The van der Waals surface area contributed by atoms with Crippen LogP contribution in [0.1, 0.15) is 47.2 Å². The Kier molecular flexibility index (Phi) is 3.00. The lowest BCUT2D eigenvalue weighted by molar-refractivity contribution is 0.0925. The zero-order valence-electron chi connectivity index (χ0n) is 12.3. The minimum atomic E-state index is -0.174. The Labute approximate surface area is 127 Å². The third-order valence-corrected chi connectivity index (χ3v) is 4.60. The molecule has 4 rings (SSSR count). The molecule has 2 bridgehead atoms. The quantitative estimate of drug-likeness (QED) is 0.842. The van der Waals surface area contributed by atoms with Gasteiger partial charge in [-0.05, 0) is 31.4 Å². The van der Waals surface area contributed by atoms with Crippen molar-refractivity contribution in [2.45, 2.75) is 44.3 Å². The SMILES string of the molecule is CC(=O)c1cc2cc(C(=O)N[C@@H]3C[C@H]4CC[C@@H]3N4)ncc2o1. The lowest BCUT2D eigenvalue weighted by Crippen LogP contribution is -2.43. The van der Waals surface area contributed by atoms with Gasteiger partial charge in [-0.3, -0.25) is 9.59 Å². The standard InChI is InChI=1S/C16H17N3O3/c1-8(20)14-5-9-4-13(17-7-15(9)22-14)16(21)19-12-6-10-2-3-11(12)18-10/h4-5,7,10-12,18H,2-3,6H2,1H3,(H,19,21)/t10-,11+,12-/m1/s1. The number of ketones is 1. The predicted octanol–water partition coefficient (Wildman–Crippen LogP) is 1.65. The molecule has 0 spiro atoms. The van der Waals surface area contributed by atoms with Gasteiger partial charge in [-0.2, -0.15) is 0 Å². The zero-order valence-corrected chi connectivity index (χ0v) is 12.3. The molecule has 6 heteroatoms. The Morgan fingerprint density at radius 1 is 1.36 bits per heavy atom. The van der Waals surface area contributed by atoms with Crippen LogP contribution in [-0.2, 0) is 0 Å². The molecule has 2 saturated heterocycles. The van der Waals surface area contributed by atoms with Gasteiger partial charge in [0, 0.05) is 30.4 Å². The number of rotatable bonds is 3. The summed E-state index contributed by atoms with van der Waals surface area (Å²) < 4.78 is 5.38. The van der Waals surface area contributed by atoms with Crippen molar-refractivity contribution in [2.24, 2.45) is 0 Å². The molecule has 2 N–H and O–H groups in total. The van der Waals surface area contributed by atoms with Gasteiger partial charge >= 0.3 is 0 Å². The molecule has 2 aliphatic rings. The van der Waals surface area contributed by atoms with E-state index in [9.17, 15) is 9.59 Å². The summed E-state index contributed by atoms with van der Waals surface area (Å²) in [5, 5.41) is 7.27. The number of hydrogen-bond acceptors (Lipinski definition) is 5. The highest BCUT2D eigenvalue weighted by molar-refractivity contribution is 5.99. The van der Waals surface area contributed by atoms with Gasteiger partial charge in [-0.15, -0.1) is 0 Å². The summed E-state index contributed by atoms with van der Waals surface area (Å²) in [6.07, 6.45) is 4.80. The van der Waals surface area contributed by atoms with Gasteiger partial charge in [-0.25, -0.2) is 4.98 Å². The summed E-state index contributed by atoms with van der Waals surface area (Å²) in [7, 11) is 0. The average molecular weight is 299 g/mol. The van der Waals surface area contributed by atoms with Gasteiger partial charge < -0.3 is 15.1 Å². The van der Waals surface area contributed by atoms with E-state index in [1.807, 2.05) is 0 Å². The van der Waals surface area contributed by atoms with Gasteiger partial charge in [-0.1, -0.05) is 0 Å². The predicted molar refractivity (Wildman–Crippen MR) is 79.8 cm³/mol. The molecule has 1 amide bonds. The van der Waals surface area contributed by atoms with Crippen LogP contribution < -0.4 is 10.6 Å². The normalized spacial score (nSPS) is 26.5. The van der Waals surface area contributed by atoms with E-state index in [0.29, 0.717) is 23.4 Å². The van der Waals surface area contributed by atoms with Crippen molar-refractivity contribution in [2.75, 3.05) is 0 Å². The van der Waals surface area contributed by atoms with Gasteiger partial charge in [0.25, 0.3) is 5.91 Å². The first-order valence-electron chi connectivity index (χ1n) is 7.57. The van der Waals surface area contributed by atoms with Crippen molar-refractivity contribution in [3.8, 4) is 0 Å². The minimum Gasteiger partial charge on any atom is -0.451 e. The van der Waals surface area contributed by atoms with E-state index >= 15 is 0 Å². The highest BCUT2D eigenvalue weighted by Gasteiger charge is 2.39. The molecule has 114 valence electrons. The van der Waals surface area contributed by atoms with Crippen molar-refractivity contribution in [1.82, 2.24) is 15.6 Å². The molecule has 0 saturated carbocycles. The second-order valence-electron chi connectivity index (χ2n) is 6.14. The molecule has 4 heterocycles. The molecule has 0 unspecified atom stereocenters. The number of furan rings is 1. The first kappa shape index (κ1) is 13.5. The van der Waals surface area contributed by atoms with E-state index in [4.69, 9.17) is 4.42 Å². The van der Waals surface area contributed by atoms with Crippen LogP contribution in [0.5, 0.6) is 0 Å². The van der Waals surface area contributed by atoms with Crippen LogP contribution in [0.2, 0.25) is 0 Å². The number of nitrogens with zero attached hydrogens (tertiary/aromatic N) is 1. The van der Waals surface area contributed by atoms with Crippen LogP contribution >= 0.6 is 0 Å². The van der Waals surface area contributed by atoms with E-state index in [-0.39, 0.29) is 23.5 Å².